The Morgan fingerprint density at radius 2 is 2.20 bits per heavy atom. The SMILES string of the molecule is CCCC[C@@H]1COC[C@H](C)[C@@H]1OC(C)=O. The maximum Gasteiger partial charge on any atom is 0.302 e. The fourth-order valence-electron chi connectivity index (χ4n) is 2.18. The molecule has 88 valence electrons. The summed E-state index contributed by atoms with van der Waals surface area (Å²) in [6.45, 7) is 7.20. The van der Waals surface area contributed by atoms with Gasteiger partial charge in [0.05, 0.1) is 13.2 Å². The summed E-state index contributed by atoms with van der Waals surface area (Å²) < 4.78 is 10.9. The molecule has 1 heterocycles. The smallest absolute Gasteiger partial charge is 0.302 e. The van der Waals surface area contributed by atoms with E-state index in [0.717, 1.165) is 13.0 Å². The monoisotopic (exact) mass is 214 g/mol. The molecule has 0 bridgehead atoms. The van der Waals surface area contributed by atoms with Crippen molar-refractivity contribution in [2.45, 2.75) is 46.1 Å². The van der Waals surface area contributed by atoms with Crippen LogP contribution in [0.4, 0.5) is 0 Å². The van der Waals surface area contributed by atoms with Crippen LogP contribution in [0.1, 0.15) is 40.0 Å². The molecule has 1 aliphatic rings. The quantitative estimate of drug-likeness (QED) is 0.674. The fraction of sp³-hybridized carbons (Fsp3) is 0.917. The van der Waals surface area contributed by atoms with E-state index in [-0.39, 0.29) is 12.1 Å². The summed E-state index contributed by atoms with van der Waals surface area (Å²) in [7, 11) is 0. The van der Waals surface area contributed by atoms with Gasteiger partial charge < -0.3 is 9.47 Å². The first-order valence-corrected chi connectivity index (χ1v) is 5.90. The molecule has 0 aromatic heterocycles. The highest BCUT2D eigenvalue weighted by Crippen LogP contribution is 2.27. The first-order valence-electron chi connectivity index (χ1n) is 5.90. The molecule has 0 N–H and O–H groups in total. The summed E-state index contributed by atoms with van der Waals surface area (Å²) in [4.78, 5) is 11.0. The molecule has 3 nitrogen and oxygen atoms in total. The van der Waals surface area contributed by atoms with Crippen LogP contribution in [-0.2, 0) is 14.3 Å². The Bertz CT molecular complexity index is 203. The van der Waals surface area contributed by atoms with Gasteiger partial charge in [0.1, 0.15) is 6.10 Å². The van der Waals surface area contributed by atoms with Crippen molar-refractivity contribution in [3.63, 3.8) is 0 Å². The second-order valence-corrected chi connectivity index (χ2v) is 4.49. The summed E-state index contributed by atoms with van der Waals surface area (Å²) in [5.41, 5.74) is 0. The molecular formula is C12H22O3. The van der Waals surface area contributed by atoms with E-state index >= 15 is 0 Å². The van der Waals surface area contributed by atoms with Crippen LogP contribution in [0.5, 0.6) is 0 Å². The lowest BCUT2D eigenvalue weighted by Crippen LogP contribution is -2.41. The van der Waals surface area contributed by atoms with Gasteiger partial charge in [0.2, 0.25) is 0 Å². The third-order valence-corrected chi connectivity index (χ3v) is 2.97. The summed E-state index contributed by atoms with van der Waals surface area (Å²) >= 11 is 0. The van der Waals surface area contributed by atoms with E-state index in [0.29, 0.717) is 18.4 Å². The largest absolute Gasteiger partial charge is 0.462 e. The number of hydrogen-bond acceptors (Lipinski definition) is 3. The molecule has 1 rings (SSSR count). The molecule has 1 fully saturated rings. The third-order valence-electron chi connectivity index (χ3n) is 2.97. The number of rotatable bonds is 4. The average molecular weight is 214 g/mol. The zero-order chi connectivity index (χ0) is 11.3. The Morgan fingerprint density at radius 3 is 2.80 bits per heavy atom. The van der Waals surface area contributed by atoms with E-state index in [4.69, 9.17) is 9.47 Å². The van der Waals surface area contributed by atoms with Gasteiger partial charge in [0.25, 0.3) is 0 Å². The Morgan fingerprint density at radius 1 is 1.47 bits per heavy atom. The van der Waals surface area contributed by atoms with Crippen LogP contribution in [0.3, 0.4) is 0 Å². The minimum atomic E-state index is -0.171. The summed E-state index contributed by atoms with van der Waals surface area (Å²) in [5.74, 6) is 0.539. The van der Waals surface area contributed by atoms with Crippen molar-refractivity contribution in [1.82, 2.24) is 0 Å². The molecule has 1 aliphatic heterocycles. The lowest BCUT2D eigenvalue weighted by molar-refractivity contribution is -0.162. The van der Waals surface area contributed by atoms with Gasteiger partial charge in [0, 0.05) is 18.8 Å². The fourth-order valence-corrected chi connectivity index (χ4v) is 2.18. The van der Waals surface area contributed by atoms with Gasteiger partial charge in [-0.05, 0) is 6.42 Å². The highest BCUT2D eigenvalue weighted by Gasteiger charge is 2.33. The second-order valence-electron chi connectivity index (χ2n) is 4.49. The van der Waals surface area contributed by atoms with Gasteiger partial charge in [-0.1, -0.05) is 26.7 Å². The lowest BCUT2D eigenvalue weighted by atomic mass is 9.87. The van der Waals surface area contributed by atoms with Crippen molar-refractivity contribution < 1.29 is 14.3 Å². The van der Waals surface area contributed by atoms with Gasteiger partial charge in [-0.3, -0.25) is 4.79 Å². The van der Waals surface area contributed by atoms with Crippen molar-refractivity contribution >= 4 is 5.97 Å². The average Bonchev–Trinajstić information content (AvgIpc) is 2.18. The van der Waals surface area contributed by atoms with Crippen molar-refractivity contribution in [3.05, 3.63) is 0 Å². The Hall–Kier alpha value is -0.570. The Kier molecular flexibility index (Phi) is 5.09. The standard InChI is InChI=1S/C12H22O3/c1-4-5-6-11-8-14-7-9(2)12(11)15-10(3)13/h9,11-12H,4-8H2,1-3H3/t9-,11+,12-/m0/s1. The van der Waals surface area contributed by atoms with E-state index < -0.39 is 0 Å². The lowest BCUT2D eigenvalue weighted by Gasteiger charge is -2.35. The van der Waals surface area contributed by atoms with Crippen LogP contribution >= 0.6 is 0 Å². The van der Waals surface area contributed by atoms with Gasteiger partial charge >= 0.3 is 5.97 Å². The van der Waals surface area contributed by atoms with Crippen molar-refractivity contribution in [3.8, 4) is 0 Å². The van der Waals surface area contributed by atoms with Crippen LogP contribution in [-0.4, -0.2) is 25.3 Å². The predicted molar refractivity (Wildman–Crippen MR) is 58.6 cm³/mol. The molecule has 0 radical (unpaired) electrons. The van der Waals surface area contributed by atoms with E-state index in [2.05, 4.69) is 13.8 Å². The summed E-state index contributed by atoms with van der Waals surface area (Å²) in [5, 5.41) is 0. The zero-order valence-corrected chi connectivity index (χ0v) is 9.99. The van der Waals surface area contributed by atoms with Gasteiger partial charge in [-0.2, -0.15) is 0 Å². The molecule has 0 amide bonds. The van der Waals surface area contributed by atoms with Crippen molar-refractivity contribution in [1.29, 1.82) is 0 Å². The van der Waals surface area contributed by atoms with E-state index in [1.807, 2.05) is 0 Å². The third kappa shape index (κ3) is 3.82. The van der Waals surface area contributed by atoms with Gasteiger partial charge in [-0.25, -0.2) is 0 Å². The maximum atomic E-state index is 11.0. The van der Waals surface area contributed by atoms with E-state index in [9.17, 15) is 4.79 Å². The topological polar surface area (TPSA) is 35.5 Å². The number of unbranched alkanes of at least 4 members (excludes halogenated alkanes) is 1. The number of carbonyl (C=O) groups is 1. The molecule has 0 aliphatic carbocycles. The molecule has 0 spiro atoms. The molecule has 3 heteroatoms. The summed E-state index contributed by atoms with van der Waals surface area (Å²) in [6, 6.07) is 0. The number of carbonyl (C=O) groups excluding carboxylic acids is 1. The van der Waals surface area contributed by atoms with Crippen LogP contribution in [0.25, 0.3) is 0 Å². The molecule has 1 saturated heterocycles. The van der Waals surface area contributed by atoms with E-state index in [1.165, 1.54) is 19.8 Å². The first kappa shape index (κ1) is 12.5. The predicted octanol–water partition coefficient (Wildman–Crippen LogP) is 2.39. The van der Waals surface area contributed by atoms with Gasteiger partial charge in [0.15, 0.2) is 0 Å². The van der Waals surface area contributed by atoms with Crippen LogP contribution in [0.15, 0.2) is 0 Å². The highest BCUT2D eigenvalue weighted by atomic mass is 16.6. The van der Waals surface area contributed by atoms with Crippen LogP contribution in [0.2, 0.25) is 0 Å². The van der Waals surface area contributed by atoms with Crippen molar-refractivity contribution in [2.24, 2.45) is 11.8 Å². The van der Waals surface area contributed by atoms with Gasteiger partial charge in [-0.15, -0.1) is 0 Å². The molecular weight excluding hydrogens is 192 g/mol. The number of hydrogen-bond donors (Lipinski definition) is 0. The summed E-state index contributed by atoms with van der Waals surface area (Å²) in [6.07, 6.45) is 3.51. The molecule has 0 saturated carbocycles. The zero-order valence-electron chi connectivity index (χ0n) is 9.99. The molecule has 15 heavy (non-hydrogen) atoms. The first-order chi connectivity index (χ1) is 7.15. The molecule has 0 aromatic carbocycles. The molecule has 3 atom stereocenters. The normalized spacial score (nSPS) is 31.3. The Labute approximate surface area is 92.1 Å². The molecule has 0 unspecified atom stereocenters. The minimum absolute atomic E-state index is 0.0581. The highest BCUT2D eigenvalue weighted by molar-refractivity contribution is 5.66. The maximum absolute atomic E-state index is 11.0. The van der Waals surface area contributed by atoms with E-state index in [1.54, 1.807) is 0 Å². The number of ether oxygens (including phenoxy) is 2. The molecule has 0 aromatic rings. The Balaban J connectivity index is 2.51. The van der Waals surface area contributed by atoms with Crippen LogP contribution < -0.4 is 0 Å². The minimum Gasteiger partial charge on any atom is -0.462 e. The van der Waals surface area contributed by atoms with Crippen LogP contribution in [0, 0.1) is 11.8 Å². The van der Waals surface area contributed by atoms with Crippen molar-refractivity contribution in [2.75, 3.05) is 13.2 Å². The number of esters is 1. The second kappa shape index (κ2) is 6.11.